The molecule has 3 heteroatoms. The third-order valence-electron chi connectivity index (χ3n) is 8.28. The van der Waals surface area contributed by atoms with E-state index in [-0.39, 0.29) is 23.7 Å². The predicted octanol–water partition coefficient (Wildman–Crippen LogP) is 5.92. The van der Waals surface area contributed by atoms with Crippen LogP contribution in [0.5, 0.6) is 0 Å². The van der Waals surface area contributed by atoms with Gasteiger partial charge in [-0.1, -0.05) is 97.9 Å². The Labute approximate surface area is 198 Å². The molecule has 1 fully saturated rings. The van der Waals surface area contributed by atoms with Crippen LogP contribution in [0.4, 0.5) is 5.69 Å². The molecule has 34 heavy (non-hydrogen) atoms. The van der Waals surface area contributed by atoms with Gasteiger partial charge in [0.2, 0.25) is 11.8 Å². The van der Waals surface area contributed by atoms with E-state index in [0.717, 1.165) is 11.1 Å². The molecule has 1 heterocycles. The smallest absolute Gasteiger partial charge is 0.238 e. The van der Waals surface area contributed by atoms with Gasteiger partial charge in [0.15, 0.2) is 0 Å². The number of hydrogen-bond donors (Lipinski definition) is 0. The maximum atomic E-state index is 14.0. The summed E-state index contributed by atoms with van der Waals surface area (Å²) in [7, 11) is 0. The zero-order valence-electron chi connectivity index (χ0n) is 18.8. The highest BCUT2D eigenvalue weighted by molar-refractivity contribution is 6.23. The topological polar surface area (TPSA) is 37.4 Å². The van der Waals surface area contributed by atoms with Crippen LogP contribution in [-0.4, -0.2) is 11.8 Å². The molecule has 3 aliphatic carbocycles. The summed E-state index contributed by atoms with van der Waals surface area (Å²) in [6, 6.07) is 34.7. The lowest BCUT2D eigenvalue weighted by atomic mass is 9.48. The Morgan fingerprint density at radius 3 is 1.76 bits per heavy atom. The van der Waals surface area contributed by atoms with Crippen molar-refractivity contribution >= 4 is 17.5 Å². The molecule has 164 valence electrons. The Morgan fingerprint density at radius 2 is 1.15 bits per heavy atom. The van der Waals surface area contributed by atoms with Crippen molar-refractivity contribution in [2.24, 2.45) is 11.8 Å². The largest absolute Gasteiger partial charge is 0.274 e. The van der Waals surface area contributed by atoms with Gasteiger partial charge in [0.25, 0.3) is 0 Å². The highest BCUT2D eigenvalue weighted by atomic mass is 16.2. The van der Waals surface area contributed by atoms with Crippen LogP contribution in [-0.2, 0) is 15.0 Å². The molecule has 0 saturated carbocycles. The molecule has 2 amide bonds. The van der Waals surface area contributed by atoms with E-state index in [9.17, 15) is 9.59 Å². The molecular formula is C31H23NO2. The number of carbonyl (C=O) groups excluding carboxylic acids is 2. The minimum atomic E-state index is -0.530. The van der Waals surface area contributed by atoms with Gasteiger partial charge >= 0.3 is 0 Å². The first kappa shape index (κ1) is 19.5. The summed E-state index contributed by atoms with van der Waals surface area (Å²) >= 11 is 0. The van der Waals surface area contributed by atoms with Crippen molar-refractivity contribution in [1.29, 1.82) is 0 Å². The lowest BCUT2D eigenvalue weighted by Crippen LogP contribution is -2.51. The van der Waals surface area contributed by atoms with Crippen LogP contribution in [0.3, 0.4) is 0 Å². The molecule has 1 saturated heterocycles. The van der Waals surface area contributed by atoms with Crippen LogP contribution in [0.1, 0.15) is 35.1 Å². The number of anilines is 1. The van der Waals surface area contributed by atoms with E-state index in [1.54, 1.807) is 0 Å². The van der Waals surface area contributed by atoms with Gasteiger partial charge in [-0.2, -0.15) is 0 Å². The summed E-state index contributed by atoms with van der Waals surface area (Å²) in [5.41, 5.74) is 7.04. The Morgan fingerprint density at radius 1 is 0.618 bits per heavy atom. The molecule has 1 aliphatic heterocycles. The van der Waals surface area contributed by atoms with Crippen LogP contribution in [0.2, 0.25) is 0 Å². The third kappa shape index (κ3) is 2.31. The molecule has 4 aliphatic rings. The Balaban J connectivity index is 1.36. The maximum absolute atomic E-state index is 14.0. The zero-order chi connectivity index (χ0) is 23.0. The molecule has 2 atom stereocenters. The second-order valence-electron chi connectivity index (χ2n) is 9.78. The molecule has 0 N–H and O–H groups in total. The van der Waals surface area contributed by atoms with Crippen molar-refractivity contribution in [2.75, 3.05) is 4.90 Å². The predicted molar refractivity (Wildman–Crippen MR) is 133 cm³/mol. The first-order chi connectivity index (χ1) is 16.6. The van der Waals surface area contributed by atoms with Gasteiger partial charge in [0, 0.05) is 11.3 Å². The molecule has 4 aromatic rings. The average Bonchev–Trinajstić information content (AvgIpc) is 3.16. The molecule has 8 rings (SSSR count). The Kier molecular flexibility index (Phi) is 3.88. The summed E-state index contributed by atoms with van der Waals surface area (Å²) in [6.45, 7) is 2.16. The summed E-state index contributed by atoms with van der Waals surface area (Å²) in [5.74, 6) is -1.04. The SMILES string of the molecule is CC12c3ccccc3C(c3ccccc31)[C@@H]1C(=O)N(c3ccc(-c4ccccc4)cc3)C(=O)[C@H]12. The molecule has 0 aromatic heterocycles. The van der Waals surface area contributed by atoms with Gasteiger partial charge in [-0.15, -0.1) is 0 Å². The highest BCUT2D eigenvalue weighted by Gasteiger charge is 2.66. The van der Waals surface area contributed by atoms with Crippen LogP contribution in [0.25, 0.3) is 11.1 Å². The van der Waals surface area contributed by atoms with E-state index in [1.807, 2.05) is 66.7 Å². The summed E-state index contributed by atoms with van der Waals surface area (Å²) < 4.78 is 0. The van der Waals surface area contributed by atoms with E-state index >= 15 is 0 Å². The molecule has 0 unspecified atom stereocenters. The van der Waals surface area contributed by atoms with Crippen LogP contribution >= 0.6 is 0 Å². The lowest BCUT2D eigenvalue weighted by Gasteiger charge is -2.52. The zero-order valence-corrected chi connectivity index (χ0v) is 18.8. The minimum absolute atomic E-state index is 0.0808. The van der Waals surface area contributed by atoms with E-state index in [4.69, 9.17) is 0 Å². The number of amides is 2. The summed E-state index contributed by atoms with van der Waals surface area (Å²) in [6.07, 6.45) is 0. The van der Waals surface area contributed by atoms with E-state index in [0.29, 0.717) is 5.69 Å². The fraction of sp³-hybridized carbons (Fsp3) is 0.161. The van der Waals surface area contributed by atoms with Crippen molar-refractivity contribution in [1.82, 2.24) is 0 Å². The summed E-state index contributed by atoms with van der Waals surface area (Å²) in [5, 5.41) is 0. The molecule has 2 bridgehead atoms. The normalized spacial score (nSPS) is 26.3. The van der Waals surface area contributed by atoms with Crippen molar-refractivity contribution in [2.45, 2.75) is 18.3 Å². The highest BCUT2D eigenvalue weighted by Crippen LogP contribution is 2.64. The van der Waals surface area contributed by atoms with Crippen molar-refractivity contribution in [3.63, 3.8) is 0 Å². The number of nitrogens with zero attached hydrogens (tertiary/aromatic N) is 1. The van der Waals surface area contributed by atoms with Gasteiger partial charge < -0.3 is 0 Å². The van der Waals surface area contributed by atoms with Crippen molar-refractivity contribution in [3.8, 4) is 11.1 Å². The van der Waals surface area contributed by atoms with Crippen LogP contribution < -0.4 is 4.90 Å². The molecule has 3 nitrogen and oxygen atoms in total. The van der Waals surface area contributed by atoms with Gasteiger partial charge in [0.05, 0.1) is 17.5 Å². The number of imide groups is 1. The van der Waals surface area contributed by atoms with Gasteiger partial charge in [0.1, 0.15) is 0 Å². The monoisotopic (exact) mass is 441 g/mol. The van der Waals surface area contributed by atoms with Gasteiger partial charge in [-0.25, -0.2) is 4.90 Å². The van der Waals surface area contributed by atoms with Crippen molar-refractivity contribution < 1.29 is 9.59 Å². The first-order valence-corrected chi connectivity index (χ1v) is 11.8. The second-order valence-corrected chi connectivity index (χ2v) is 9.78. The van der Waals surface area contributed by atoms with Crippen molar-refractivity contribution in [3.05, 3.63) is 125 Å². The Hall–Kier alpha value is -3.98. The quantitative estimate of drug-likeness (QED) is 0.362. The van der Waals surface area contributed by atoms with Crippen LogP contribution in [0, 0.1) is 11.8 Å². The third-order valence-corrected chi connectivity index (χ3v) is 8.28. The Bertz CT molecular complexity index is 1420. The number of benzene rings is 4. The molecule has 0 radical (unpaired) electrons. The molecule has 4 aromatic carbocycles. The number of carbonyl (C=O) groups is 2. The maximum Gasteiger partial charge on any atom is 0.238 e. The fourth-order valence-corrected chi connectivity index (χ4v) is 6.84. The second kappa shape index (κ2) is 6.77. The fourth-order valence-electron chi connectivity index (χ4n) is 6.84. The summed E-state index contributed by atoms with van der Waals surface area (Å²) in [4.78, 5) is 29.4. The number of rotatable bonds is 2. The van der Waals surface area contributed by atoms with Gasteiger partial charge in [-0.3, -0.25) is 9.59 Å². The van der Waals surface area contributed by atoms with E-state index < -0.39 is 11.3 Å². The lowest BCUT2D eigenvalue weighted by molar-refractivity contribution is -0.123. The molecule has 0 spiro atoms. The van der Waals surface area contributed by atoms with Crippen LogP contribution in [0.15, 0.2) is 103 Å². The first-order valence-electron chi connectivity index (χ1n) is 11.8. The number of hydrogen-bond acceptors (Lipinski definition) is 2. The van der Waals surface area contributed by atoms with E-state index in [1.165, 1.54) is 27.2 Å². The van der Waals surface area contributed by atoms with Gasteiger partial charge in [-0.05, 0) is 45.5 Å². The minimum Gasteiger partial charge on any atom is -0.274 e. The standard InChI is InChI=1S/C31H23NO2/c1-31-24-13-7-5-11-22(24)26(23-12-6-8-14-25(23)31)27-28(31)30(34)32(29(27)33)21-17-15-20(16-18-21)19-9-3-2-4-10-19/h2-18,26-28H,1H3/t26?,27-,28-,31?/m0/s1. The molecular weight excluding hydrogens is 418 g/mol. The average molecular weight is 442 g/mol. The van der Waals surface area contributed by atoms with E-state index in [2.05, 4.69) is 43.3 Å².